The van der Waals surface area contributed by atoms with Crippen LogP contribution in [0.4, 0.5) is 27.6 Å². The van der Waals surface area contributed by atoms with Crippen LogP contribution in [0.5, 0.6) is 0 Å². The molecule has 1 aromatic carbocycles. The third-order valence-corrected chi connectivity index (χ3v) is 5.09. The van der Waals surface area contributed by atoms with Gasteiger partial charge in [-0.05, 0) is 37.3 Å². The van der Waals surface area contributed by atoms with Gasteiger partial charge in [-0.3, -0.25) is 9.59 Å². The molecule has 9 nitrogen and oxygen atoms in total. The molecule has 0 saturated carbocycles. The first-order chi connectivity index (χ1) is 16.4. The van der Waals surface area contributed by atoms with E-state index in [9.17, 15) is 31.5 Å². The summed E-state index contributed by atoms with van der Waals surface area (Å²) in [6, 6.07) is 5.90. The highest BCUT2D eigenvalue weighted by Gasteiger charge is 2.43. The quantitative estimate of drug-likeness (QED) is 0.528. The Kier molecular flexibility index (Phi) is 5.74. The highest BCUT2D eigenvalue weighted by atomic mass is 19.4. The van der Waals surface area contributed by atoms with Gasteiger partial charge in [0.2, 0.25) is 5.60 Å². The standard InChI is InChI=1S/C21H15F5N6O3/c1-20(19(27)34)8-14(31-35-20)13-7-15(21(24,25)26)32(30-13)16-6-5-10(9-28-16)29-18(33)17-11(22)3-2-4-12(17)23/h2-7,9H,8H2,1H3,(H2,27,34)(H,29,33). The van der Waals surface area contributed by atoms with Crippen LogP contribution in [-0.2, 0) is 15.8 Å². The normalized spacial score (nSPS) is 17.6. The average Bonchev–Trinajstić information content (AvgIpc) is 3.39. The average molecular weight is 494 g/mol. The fourth-order valence-corrected chi connectivity index (χ4v) is 3.20. The Morgan fingerprint density at radius 2 is 1.86 bits per heavy atom. The van der Waals surface area contributed by atoms with Gasteiger partial charge in [0.25, 0.3) is 11.8 Å². The maximum Gasteiger partial charge on any atom is 0.433 e. The molecule has 0 spiro atoms. The van der Waals surface area contributed by atoms with E-state index < -0.39 is 46.5 Å². The third-order valence-electron chi connectivity index (χ3n) is 5.09. The maximum atomic E-state index is 13.8. The van der Waals surface area contributed by atoms with Gasteiger partial charge in [0.05, 0.1) is 11.9 Å². The first-order valence-electron chi connectivity index (χ1n) is 9.83. The Hall–Kier alpha value is -4.36. The summed E-state index contributed by atoms with van der Waals surface area (Å²) in [5.74, 6) is -4.41. The molecule has 0 aliphatic carbocycles. The van der Waals surface area contributed by atoms with Crippen LogP contribution in [0.1, 0.15) is 35.1 Å². The van der Waals surface area contributed by atoms with Crippen molar-refractivity contribution in [3.05, 3.63) is 71.2 Å². The van der Waals surface area contributed by atoms with Crippen molar-refractivity contribution in [1.29, 1.82) is 0 Å². The van der Waals surface area contributed by atoms with Crippen LogP contribution in [-0.4, -0.2) is 37.9 Å². The van der Waals surface area contributed by atoms with Gasteiger partial charge in [0.1, 0.15) is 28.6 Å². The van der Waals surface area contributed by atoms with E-state index in [1.165, 1.54) is 13.0 Å². The second kappa shape index (κ2) is 8.45. The van der Waals surface area contributed by atoms with E-state index in [0.29, 0.717) is 10.7 Å². The van der Waals surface area contributed by atoms with Crippen molar-refractivity contribution in [1.82, 2.24) is 14.8 Å². The monoisotopic (exact) mass is 494 g/mol. The summed E-state index contributed by atoms with van der Waals surface area (Å²) in [5.41, 5.74) is 1.44. The van der Waals surface area contributed by atoms with E-state index in [2.05, 4.69) is 20.6 Å². The van der Waals surface area contributed by atoms with Crippen LogP contribution in [0, 0.1) is 11.6 Å². The molecule has 1 atom stereocenters. The Morgan fingerprint density at radius 3 is 2.40 bits per heavy atom. The molecule has 1 aliphatic rings. The highest BCUT2D eigenvalue weighted by Crippen LogP contribution is 2.33. The number of rotatable bonds is 5. The highest BCUT2D eigenvalue weighted by molar-refractivity contribution is 6.05. The summed E-state index contributed by atoms with van der Waals surface area (Å²) in [6.07, 6.45) is -4.04. The predicted octanol–water partition coefficient (Wildman–Crippen LogP) is 3.19. The summed E-state index contributed by atoms with van der Waals surface area (Å²) in [4.78, 5) is 32.6. The summed E-state index contributed by atoms with van der Waals surface area (Å²) in [5, 5.41) is 9.76. The molecule has 0 radical (unpaired) electrons. The van der Waals surface area contributed by atoms with Gasteiger partial charge >= 0.3 is 6.18 Å². The fourth-order valence-electron chi connectivity index (χ4n) is 3.20. The van der Waals surface area contributed by atoms with E-state index in [-0.39, 0.29) is 29.3 Å². The summed E-state index contributed by atoms with van der Waals surface area (Å²) < 4.78 is 69.1. The zero-order chi connectivity index (χ0) is 25.5. The second-order valence-electron chi connectivity index (χ2n) is 7.68. The van der Waals surface area contributed by atoms with Crippen LogP contribution in [0.15, 0.2) is 47.8 Å². The van der Waals surface area contributed by atoms with Crippen LogP contribution in [0.3, 0.4) is 0 Å². The molecular formula is C21H15F5N6O3. The molecule has 3 heterocycles. The molecule has 1 aliphatic heterocycles. The van der Waals surface area contributed by atoms with Gasteiger partial charge in [-0.2, -0.15) is 18.3 Å². The summed E-state index contributed by atoms with van der Waals surface area (Å²) >= 11 is 0. The lowest BCUT2D eigenvalue weighted by atomic mass is 9.98. The molecule has 2 aromatic heterocycles. The van der Waals surface area contributed by atoms with Crippen LogP contribution in [0.25, 0.3) is 5.82 Å². The Balaban J connectivity index is 1.61. The molecule has 2 amide bonds. The lowest BCUT2D eigenvalue weighted by molar-refractivity contribution is -0.143. The minimum atomic E-state index is -4.84. The van der Waals surface area contributed by atoms with E-state index in [4.69, 9.17) is 10.6 Å². The molecule has 14 heteroatoms. The van der Waals surface area contributed by atoms with E-state index in [1.54, 1.807) is 0 Å². The lowest BCUT2D eigenvalue weighted by Gasteiger charge is -2.15. The fraction of sp³-hybridized carbons (Fsp3) is 0.190. The first kappa shape index (κ1) is 23.8. The number of aromatic nitrogens is 3. The van der Waals surface area contributed by atoms with E-state index >= 15 is 0 Å². The number of amides is 2. The zero-order valence-electron chi connectivity index (χ0n) is 17.7. The van der Waals surface area contributed by atoms with E-state index in [1.807, 2.05) is 0 Å². The molecule has 35 heavy (non-hydrogen) atoms. The molecule has 0 fully saturated rings. The van der Waals surface area contributed by atoms with Crippen molar-refractivity contribution in [2.45, 2.75) is 25.1 Å². The Bertz CT molecular complexity index is 1330. The Morgan fingerprint density at radius 1 is 1.17 bits per heavy atom. The van der Waals surface area contributed by atoms with Gasteiger partial charge in [0, 0.05) is 6.42 Å². The van der Waals surface area contributed by atoms with Crippen molar-refractivity contribution < 1.29 is 36.4 Å². The van der Waals surface area contributed by atoms with Crippen molar-refractivity contribution in [2.75, 3.05) is 5.32 Å². The number of nitrogens with zero attached hydrogens (tertiary/aromatic N) is 4. The minimum absolute atomic E-state index is 0.0219. The zero-order valence-corrected chi connectivity index (χ0v) is 17.7. The number of carbonyl (C=O) groups is 2. The van der Waals surface area contributed by atoms with Crippen molar-refractivity contribution in [2.24, 2.45) is 10.9 Å². The van der Waals surface area contributed by atoms with Crippen LogP contribution < -0.4 is 11.1 Å². The molecule has 3 aromatic rings. The SMILES string of the molecule is CC1(C(N)=O)CC(c2cc(C(F)(F)F)n(-c3ccc(NC(=O)c4c(F)cccc4F)cn3)n2)=NO1. The number of alkyl halides is 3. The van der Waals surface area contributed by atoms with Crippen molar-refractivity contribution >= 4 is 23.2 Å². The van der Waals surface area contributed by atoms with Crippen molar-refractivity contribution in [3.8, 4) is 5.82 Å². The number of nitrogens with one attached hydrogen (secondary N) is 1. The van der Waals surface area contributed by atoms with Gasteiger partial charge in [0.15, 0.2) is 11.5 Å². The van der Waals surface area contributed by atoms with Gasteiger partial charge < -0.3 is 15.9 Å². The molecule has 1 unspecified atom stereocenters. The topological polar surface area (TPSA) is 124 Å². The number of nitrogens with two attached hydrogens (primary N) is 1. The predicted molar refractivity (Wildman–Crippen MR) is 111 cm³/mol. The van der Waals surface area contributed by atoms with Crippen LogP contribution >= 0.6 is 0 Å². The number of halogens is 5. The van der Waals surface area contributed by atoms with Crippen molar-refractivity contribution in [3.63, 3.8) is 0 Å². The number of oxime groups is 1. The molecule has 0 saturated heterocycles. The molecular weight excluding hydrogens is 479 g/mol. The molecule has 0 bridgehead atoms. The Labute approximate surface area is 193 Å². The number of primary amides is 1. The first-order valence-corrected chi connectivity index (χ1v) is 9.83. The smallest absolute Gasteiger partial charge is 0.379 e. The molecule has 4 rings (SSSR count). The number of anilines is 1. The van der Waals surface area contributed by atoms with Gasteiger partial charge in [-0.15, -0.1) is 0 Å². The number of carbonyl (C=O) groups excluding carboxylic acids is 2. The second-order valence-corrected chi connectivity index (χ2v) is 7.68. The third kappa shape index (κ3) is 4.54. The van der Waals surface area contributed by atoms with Gasteiger partial charge in [-0.1, -0.05) is 11.2 Å². The number of hydrogen-bond donors (Lipinski definition) is 2. The van der Waals surface area contributed by atoms with Gasteiger partial charge in [-0.25, -0.2) is 18.4 Å². The minimum Gasteiger partial charge on any atom is -0.379 e. The lowest BCUT2D eigenvalue weighted by Crippen LogP contribution is -2.41. The molecule has 3 N–H and O–H groups in total. The number of benzene rings is 1. The number of hydrogen-bond acceptors (Lipinski definition) is 6. The number of pyridine rings is 1. The maximum absolute atomic E-state index is 13.8. The molecule has 182 valence electrons. The largest absolute Gasteiger partial charge is 0.433 e. The van der Waals surface area contributed by atoms with Crippen LogP contribution in [0.2, 0.25) is 0 Å². The van der Waals surface area contributed by atoms with E-state index in [0.717, 1.165) is 30.5 Å². The summed E-state index contributed by atoms with van der Waals surface area (Å²) in [6.45, 7) is 1.34. The summed E-state index contributed by atoms with van der Waals surface area (Å²) in [7, 11) is 0.